The topological polar surface area (TPSA) is 74.6 Å². The third kappa shape index (κ3) is 7.46. The highest BCUT2D eigenvalue weighted by Crippen LogP contribution is 2.42. The van der Waals surface area contributed by atoms with Gasteiger partial charge in [-0.05, 0) is 78.6 Å². The van der Waals surface area contributed by atoms with Gasteiger partial charge in [0.1, 0.15) is 23.3 Å². The summed E-state index contributed by atoms with van der Waals surface area (Å²) in [6.45, 7) is 16.3. The monoisotopic (exact) mass is 667 g/mol. The molecule has 3 atom stereocenters. The SMILES string of the molecule is CC[C@H]1OC(n2cc(CCCO[Si](C)(C)C(C)(C)C)c(NC(c3ccccc3)(c3ccccc3)c3ccc(OC)cc3)nc2=O)C[C@@H]1C. The second-order valence-corrected chi connectivity index (χ2v) is 19.4. The maximum absolute atomic E-state index is 13.9. The molecule has 0 amide bonds. The summed E-state index contributed by atoms with van der Waals surface area (Å²) in [6.07, 6.45) is 4.95. The molecule has 8 heteroatoms. The number of methoxy groups -OCH3 is 1. The highest BCUT2D eigenvalue weighted by Gasteiger charge is 2.39. The first-order valence-electron chi connectivity index (χ1n) is 17.3. The molecule has 0 aliphatic carbocycles. The van der Waals surface area contributed by atoms with Crippen molar-refractivity contribution in [2.45, 2.75) is 96.3 Å². The number of hydrogen-bond donors (Lipinski definition) is 1. The van der Waals surface area contributed by atoms with E-state index in [1.165, 1.54) is 0 Å². The Kier molecular flexibility index (Phi) is 11.0. The predicted octanol–water partition coefficient (Wildman–Crippen LogP) is 8.94. The van der Waals surface area contributed by atoms with Crippen LogP contribution in [0.2, 0.25) is 18.1 Å². The molecule has 1 fully saturated rings. The van der Waals surface area contributed by atoms with Crippen molar-refractivity contribution in [3.8, 4) is 5.75 Å². The zero-order chi connectivity index (χ0) is 34.5. The number of aromatic nitrogens is 2. The van der Waals surface area contributed by atoms with E-state index < -0.39 is 13.9 Å². The molecule has 1 saturated heterocycles. The number of nitrogens with one attached hydrogen (secondary N) is 1. The van der Waals surface area contributed by atoms with Crippen molar-refractivity contribution in [3.63, 3.8) is 0 Å². The van der Waals surface area contributed by atoms with Gasteiger partial charge in [0.25, 0.3) is 0 Å². The summed E-state index contributed by atoms with van der Waals surface area (Å²) < 4.78 is 20.2. The third-order valence-corrected chi connectivity index (χ3v) is 14.9. The minimum Gasteiger partial charge on any atom is -0.497 e. The van der Waals surface area contributed by atoms with Crippen molar-refractivity contribution in [1.82, 2.24) is 9.55 Å². The van der Waals surface area contributed by atoms with Gasteiger partial charge in [0.05, 0.1) is 13.2 Å². The van der Waals surface area contributed by atoms with E-state index >= 15 is 0 Å². The maximum Gasteiger partial charge on any atom is 0.351 e. The Hall–Kier alpha value is -3.72. The van der Waals surface area contributed by atoms with E-state index in [1.807, 2.05) is 54.7 Å². The van der Waals surface area contributed by atoms with Crippen LogP contribution in [0, 0.1) is 5.92 Å². The fourth-order valence-electron chi connectivity index (χ4n) is 6.46. The minimum absolute atomic E-state index is 0.125. The second kappa shape index (κ2) is 14.8. The highest BCUT2D eigenvalue weighted by molar-refractivity contribution is 6.74. The molecule has 1 aliphatic heterocycles. The van der Waals surface area contributed by atoms with Crippen molar-refractivity contribution in [2.75, 3.05) is 19.0 Å². The van der Waals surface area contributed by atoms with Gasteiger partial charge in [0, 0.05) is 18.4 Å². The molecule has 2 heterocycles. The van der Waals surface area contributed by atoms with E-state index in [0.717, 1.165) is 47.3 Å². The molecule has 7 nitrogen and oxygen atoms in total. The van der Waals surface area contributed by atoms with Crippen molar-refractivity contribution in [2.24, 2.45) is 5.92 Å². The van der Waals surface area contributed by atoms with E-state index in [4.69, 9.17) is 18.9 Å². The molecular formula is C40H53N3O4Si. The molecule has 5 rings (SSSR count). The van der Waals surface area contributed by atoms with Gasteiger partial charge < -0.3 is 19.2 Å². The van der Waals surface area contributed by atoms with Gasteiger partial charge in [-0.3, -0.25) is 4.57 Å². The predicted molar refractivity (Wildman–Crippen MR) is 197 cm³/mol. The second-order valence-electron chi connectivity index (χ2n) is 14.6. The summed E-state index contributed by atoms with van der Waals surface area (Å²) >= 11 is 0. The number of rotatable bonds is 13. The first-order valence-corrected chi connectivity index (χ1v) is 20.3. The van der Waals surface area contributed by atoms with Crippen LogP contribution in [0.15, 0.2) is 95.9 Å². The first-order chi connectivity index (χ1) is 22.9. The summed E-state index contributed by atoms with van der Waals surface area (Å²) in [7, 11) is -0.239. The largest absolute Gasteiger partial charge is 0.497 e. The first kappa shape index (κ1) is 35.6. The Morgan fingerprint density at radius 3 is 2.04 bits per heavy atom. The molecule has 256 valence electrons. The average Bonchev–Trinajstić information content (AvgIpc) is 3.46. The molecule has 0 bridgehead atoms. The summed E-state index contributed by atoms with van der Waals surface area (Å²) in [6, 6.07) is 28.8. The van der Waals surface area contributed by atoms with Gasteiger partial charge in [0.15, 0.2) is 8.32 Å². The van der Waals surface area contributed by atoms with Crippen LogP contribution < -0.4 is 15.7 Å². The Bertz CT molecular complexity index is 1640. The molecule has 0 saturated carbocycles. The van der Waals surface area contributed by atoms with E-state index in [0.29, 0.717) is 24.8 Å². The van der Waals surface area contributed by atoms with Gasteiger partial charge in [0.2, 0.25) is 0 Å². The molecule has 1 aromatic heterocycles. The zero-order valence-electron chi connectivity index (χ0n) is 30.0. The van der Waals surface area contributed by atoms with Crippen molar-refractivity contribution in [1.29, 1.82) is 0 Å². The van der Waals surface area contributed by atoms with Crippen LogP contribution in [0.25, 0.3) is 0 Å². The average molecular weight is 668 g/mol. The molecule has 3 aromatic carbocycles. The standard InChI is InChI=1S/C40H53N3O4Si/c1-9-35-29(2)27-36(47-35)43-28-30(17-16-26-46-48(7,8)39(3,4)5)37(41-38(43)44)42-40(31-18-12-10-13-19-31,32-20-14-11-15-21-32)33-22-24-34(45-6)25-23-33/h10-15,18-25,28-29,35-36H,9,16-17,26-27H2,1-8H3,(H,41,42,44)/t29-,35+,36?/m0/s1. The molecular weight excluding hydrogens is 615 g/mol. The molecule has 4 aromatic rings. The Morgan fingerprint density at radius 2 is 1.52 bits per heavy atom. The number of benzene rings is 3. The summed E-state index contributed by atoms with van der Waals surface area (Å²) in [5.41, 5.74) is 2.82. The lowest BCUT2D eigenvalue weighted by atomic mass is 9.77. The molecule has 1 aliphatic rings. The zero-order valence-corrected chi connectivity index (χ0v) is 31.0. The summed E-state index contributed by atoms with van der Waals surface area (Å²) in [4.78, 5) is 18.7. The molecule has 1 N–H and O–H groups in total. The highest BCUT2D eigenvalue weighted by atomic mass is 28.4. The van der Waals surface area contributed by atoms with Crippen molar-refractivity contribution < 1.29 is 13.9 Å². The maximum atomic E-state index is 13.9. The van der Waals surface area contributed by atoms with Gasteiger partial charge in [-0.15, -0.1) is 0 Å². The van der Waals surface area contributed by atoms with Crippen LogP contribution in [0.4, 0.5) is 5.82 Å². The lowest BCUT2D eigenvalue weighted by Crippen LogP contribution is -2.41. The minimum atomic E-state index is -1.91. The number of anilines is 1. The van der Waals surface area contributed by atoms with Crippen molar-refractivity contribution >= 4 is 14.1 Å². The molecule has 1 unspecified atom stereocenters. The van der Waals surface area contributed by atoms with E-state index in [-0.39, 0.29) is 23.1 Å². The van der Waals surface area contributed by atoms with Crippen LogP contribution in [0.1, 0.15) is 82.4 Å². The van der Waals surface area contributed by atoms with E-state index in [2.05, 4.69) is 89.4 Å². The number of aryl methyl sites for hydroxylation is 1. The normalized spacial score (nSPS) is 18.5. The van der Waals surface area contributed by atoms with Crippen LogP contribution in [0.5, 0.6) is 5.75 Å². The number of hydrogen-bond acceptors (Lipinski definition) is 6. The number of nitrogens with zero attached hydrogens (tertiary/aromatic N) is 2. The third-order valence-electron chi connectivity index (χ3n) is 10.4. The Balaban J connectivity index is 1.63. The lowest BCUT2D eigenvalue weighted by molar-refractivity contribution is -0.00761. The Labute approximate surface area is 287 Å². The fraction of sp³-hybridized carbons (Fsp3) is 0.450. The molecule has 48 heavy (non-hydrogen) atoms. The van der Waals surface area contributed by atoms with Crippen molar-refractivity contribution in [3.05, 3.63) is 124 Å². The van der Waals surface area contributed by atoms with Crippen LogP contribution >= 0.6 is 0 Å². The quantitative estimate of drug-likeness (QED) is 0.0872. The van der Waals surface area contributed by atoms with Gasteiger partial charge in [-0.25, -0.2) is 4.79 Å². The smallest absolute Gasteiger partial charge is 0.351 e. The summed E-state index contributed by atoms with van der Waals surface area (Å²) in [5, 5.41) is 4.01. The van der Waals surface area contributed by atoms with Crippen LogP contribution in [-0.4, -0.2) is 37.7 Å². The van der Waals surface area contributed by atoms with Crippen LogP contribution in [0.3, 0.4) is 0 Å². The van der Waals surface area contributed by atoms with Gasteiger partial charge >= 0.3 is 5.69 Å². The molecule has 0 spiro atoms. The van der Waals surface area contributed by atoms with Crippen LogP contribution in [-0.2, 0) is 21.1 Å². The fourth-order valence-corrected chi connectivity index (χ4v) is 7.55. The Morgan fingerprint density at radius 1 is 0.938 bits per heavy atom. The molecule has 0 radical (unpaired) electrons. The lowest BCUT2D eigenvalue weighted by Gasteiger charge is -2.38. The number of ether oxygens (including phenoxy) is 2. The van der Waals surface area contributed by atoms with E-state index in [1.54, 1.807) is 11.7 Å². The van der Waals surface area contributed by atoms with Gasteiger partial charge in [-0.1, -0.05) is 107 Å². The van der Waals surface area contributed by atoms with E-state index in [9.17, 15) is 4.79 Å². The van der Waals surface area contributed by atoms with Gasteiger partial charge in [-0.2, -0.15) is 4.98 Å². The summed E-state index contributed by atoms with van der Waals surface area (Å²) in [5.74, 6) is 1.70.